The first-order valence-corrected chi connectivity index (χ1v) is 9.14. The molecule has 1 aromatic rings. The van der Waals surface area contributed by atoms with E-state index >= 15 is 0 Å². The number of rotatable bonds is 2. The third-order valence-corrected chi connectivity index (χ3v) is 6.60. The van der Waals surface area contributed by atoms with Crippen molar-refractivity contribution < 1.29 is 14.3 Å². The molecule has 2 atom stereocenters. The Morgan fingerprint density at radius 3 is 2.80 bits per heavy atom. The molecule has 1 aromatic heterocycles. The van der Waals surface area contributed by atoms with Crippen LogP contribution in [0, 0.1) is 16.7 Å². The summed E-state index contributed by atoms with van der Waals surface area (Å²) in [5.41, 5.74) is -0.000774. The standard InChI is InChI=1S/C17H23N5O3/c23-14(13-18-11-19-20-13)21-5-3-17(6-12(17)7-21)15(24)22-4-1-2-16(8-22)9-25-10-16/h11-12H,1-10H2,(H,18,19,20)/t12-,17-/m0/s1. The topological polar surface area (TPSA) is 91.4 Å². The first-order chi connectivity index (χ1) is 12.1. The molecule has 5 rings (SSSR count). The van der Waals surface area contributed by atoms with Crippen molar-refractivity contribution in [2.24, 2.45) is 16.7 Å². The molecule has 1 saturated carbocycles. The monoisotopic (exact) mass is 345 g/mol. The van der Waals surface area contributed by atoms with E-state index in [1.165, 1.54) is 12.7 Å². The minimum Gasteiger partial charge on any atom is -0.380 e. The number of amides is 2. The lowest BCUT2D eigenvalue weighted by molar-refractivity contribution is -0.164. The van der Waals surface area contributed by atoms with Gasteiger partial charge >= 0.3 is 0 Å². The molecule has 4 aliphatic rings. The van der Waals surface area contributed by atoms with Crippen LogP contribution in [-0.2, 0) is 9.53 Å². The van der Waals surface area contributed by atoms with Crippen LogP contribution in [0.25, 0.3) is 0 Å². The summed E-state index contributed by atoms with van der Waals surface area (Å²) < 4.78 is 5.40. The average Bonchev–Trinajstić information content (AvgIpc) is 3.10. The lowest BCUT2D eigenvalue weighted by Gasteiger charge is -2.49. The van der Waals surface area contributed by atoms with Gasteiger partial charge in [-0.15, -0.1) is 0 Å². The predicted octanol–water partition coefficient (Wildman–Crippen LogP) is 0.296. The van der Waals surface area contributed by atoms with E-state index in [1.807, 2.05) is 0 Å². The van der Waals surface area contributed by atoms with Crippen LogP contribution in [0.4, 0.5) is 0 Å². The van der Waals surface area contributed by atoms with Crippen LogP contribution in [0.2, 0.25) is 0 Å². The van der Waals surface area contributed by atoms with Gasteiger partial charge in [-0.05, 0) is 31.6 Å². The normalized spacial score (nSPS) is 32.9. The molecular formula is C17H23N5O3. The summed E-state index contributed by atoms with van der Waals surface area (Å²) in [6.07, 6.45) is 5.26. The molecule has 25 heavy (non-hydrogen) atoms. The lowest BCUT2D eigenvalue weighted by atomic mass is 9.77. The maximum atomic E-state index is 13.2. The van der Waals surface area contributed by atoms with Gasteiger partial charge in [0.1, 0.15) is 6.33 Å². The number of H-pyrrole nitrogens is 1. The Labute approximate surface area is 145 Å². The highest BCUT2D eigenvalue weighted by molar-refractivity contribution is 5.91. The summed E-state index contributed by atoms with van der Waals surface area (Å²) >= 11 is 0. The zero-order chi connectivity index (χ0) is 17.1. The summed E-state index contributed by atoms with van der Waals surface area (Å²) in [5, 5.41) is 6.37. The van der Waals surface area contributed by atoms with Crippen molar-refractivity contribution in [1.29, 1.82) is 0 Å². The van der Waals surface area contributed by atoms with Crippen molar-refractivity contribution in [3.05, 3.63) is 12.2 Å². The first kappa shape index (κ1) is 15.3. The molecule has 4 heterocycles. The van der Waals surface area contributed by atoms with Gasteiger partial charge in [0.15, 0.2) is 0 Å². The molecule has 2 amide bonds. The minimum atomic E-state index is -0.221. The third kappa shape index (κ3) is 2.30. The van der Waals surface area contributed by atoms with Crippen LogP contribution >= 0.6 is 0 Å². The number of piperidine rings is 2. The molecule has 4 fully saturated rings. The molecule has 8 heteroatoms. The van der Waals surface area contributed by atoms with E-state index in [-0.39, 0.29) is 28.5 Å². The largest absolute Gasteiger partial charge is 0.380 e. The van der Waals surface area contributed by atoms with Crippen molar-refractivity contribution in [3.8, 4) is 0 Å². The molecule has 3 saturated heterocycles. The highest BCUT2D eigenvalue weighted by Crippen LogP contribution is 2.59. The molecule has 1 spiro atoms. The van der Waals surface area contributed by atoms with Crippen LogP contribution < -0.4 is 0 Å². The van der Waals surface area contributed by atoms with Crippen molar-refractivity contribution in [2.45, 2.75) is 25.7 Å². The van der Waals surface area contributed by atoms with E-state index in [4.69, 9.17) is 4.74 Å². The van der Waals surface area contributed by atoms with Gasteiger partial charge in [-0.1, -0.05) is 0 Å². The summed E-state index contributed by atoms with van der Waals surface area (Å²) in [4.78, 5) is 33.5. The maximum absolute atomic E-state index is 13.2. The number of carbonyl (C=O) groups excluding carboxylic acids is 2. The van der Waals surface area contributed by atoms with Crippen LogP contribution in [-0.4, -0.2) is 76.2 Å². The molecule has 134 valence electrons. The van der Waals surface area contributed by atoms with Gasteiger partial charge in [0.25, 0.3) is 5.91 Å². The number of aromatic amines is 1. The number of nitrogens with zero attached hydrogens (tertiary/aromatic N) is 4. The van der Waals surface area contributed by atoms with Crippen molar-refractivity contribution in [3.63, 3.8) is 0 Å². The number of likely N-dealkylation sites (tertiary alicyclic amines) is 2. The highest BCUT2D eigenvalue weighted by Gasteiger charge is 2.64. The first-order valence-electron chi connectivity index (χ1n) is 9.14. The van der Waals surface area contributed by atoms with E-state index in [0.717, 1.165) is 45.6 Å². The molecular weight excluding hydrogens is 322 g/mol. The molecule has 1 aliphatic carbocycles. The summed E-state index contributed by atoms with van der Waals surface area (Å²) in [6, 6.07) is 0. The minimum absolute atomic E-state index is 0.117. The Hall–Kier alpha value is -1.96. The number of fused-ring (bicyclic) bond motifs is 1. The Bertz CT molecular complexity index is 701. The lowest BCUT2D eigenvalue weighted by Crippen LogP contribution is -2.57. The van der Waals surface area contributed by atoms with Gasteiger partial charge in [-0.3, -0.25) is 14.7 Å². The second-order valence-corrected chi connectivity index (χ2v) is 8.22. The number of ether oxygens (including phenoxy) is 1. The van der Waals surface area contributed by atoms with Gasteiger partial charge < -0.3 is 14.5 Å². The summed E-state index contributed by atoms with van der Waals surface area (Å²) in [5.74, 6) is 0.766. The number of nitrogens with one attached hydrogen (secondary N) is 1. The Kier molecular flexibility index (Phi) is 3.22. The van der Waals surface area contributed by atoms with Crippen LogP contribution in [0.3, 0.4) is 0 Å². The Balaban J connectivity index is 1.25. The summed E-state index contributed by atoms with van der Waals surface area (Å²) in [7, 11) is 0. The number of hydrogen-bond donors (Lipinski definition) is 1. The van der Waals surface area contributed by atoms with Gasteiger partial charge in [0.2, 0.25) is 11.7 Å². The SMILES string of the molecule is O=C(c1ncn[nH]1)N1CC[C@]2(C(=O)N3CCCC4(COC4)C3)C[C@H]2C1. The molecule has 0 unspecified atom stereocenters. The molecule has 0 bridgehead atoms. The van der Waals surface area contributed by atoms with E-state index in [1.54, 1.807) is 4.90 Å². The molecule has 1 N–H and O–H groups in total. The van der Waals surface area contributed by atoms with Crippen LogP contribution in [0.1, 0.15) is 36.3 Å². The summed E-state index contributed by atoms with van der Waals surface area (Å²) in [6.45, 7) is 4.58. The maximum Gasteiger partial charge on any atom is 0.291 e. The zero-order valence-electron chi connectivity index (χ0n) is 14.2. The molecule has 0 radical (unpaired) electrons. The Morgan fingerprint density at radius 2 is 2.12 bits per heavy atom. The highest BCUT2D eigenvalue weighted by atomic mass is 16.5. The quantitative estimate of drug-likeness (QED) is 0.832. The number of aromatic nitrogens is 3. The second kappa shape index (κ2) is 5.27. The smallest absolute Gasteiger partial charge is 0.291 e. The third-order valence-electron chi connectivity index (χ3n) is 6.60. The van der Waals surface area contributed by atoms with E-state index in [9.17, 15) is 9.59 Å². The van der Waals surface area contributed by atoms with Gasteiger partial charge in [-0.2, -0.15) is 5.10 Å². The van der Waals surface area contributed by atoms with Crippen molar-refractivity contribution in [2.75, 3.05) is 39.4 Å². The van der Waals surface area contributed by atoms with Crippen LogP contribution in [0.15, 0.2) is 6.33 Å². The predicted molar refractivity (Wildman–Crippen MR) is 86.5 cm³/mol. The average molecular weight is 345 g/mol. The van der Waals surface area contributed by atoms with Crippen LogP contribution in [0.5, 0.6) is 0 Å². The van der Waals surface area contributed by atoms with Crippen molar-refractivity contribution >= 4 is 11.8 Å². The fraction of sp³-hybridized carbons (Fsp3) is 0.765. The van der Waals surface area contributed by atoms with E-state index in [2.05, 4.69) is 20.1 Å². The van der Waals surface area contributed by atoms with Gasteiger partial charge in [-0.25, -0.2) is 4.98 Å². The van der Waals surface area contributed by atoms with E-state index < -0.39 is 0 Å². The second-order valence-electron chi connectivity index (χ2n) is 8.22. The fourth-order valence-corrected chi connectivity index (χ4v) is 4.95. The number of carbonyl (C=O) groups is 2. The van der Waals surface area contributed by atoms with Gasteiger partial charge in [0, 0.05) is 31.6 Å². The van der Waals surface area contributed by atoms with Gasteiger partial charge in [0.05, 0.1) is 18.6 Å². The van der Waals surface area contributed by atoms with E-state index in [0.29, 0.717) is 19.0 Å². The fourth-order valence-electron chi connectivity index (χ4n) is 4.95. The Morgan fingerprint density at radius 1 is 1.24 bits per heavy atom. The number of hydrogen-bond acceptors (Lipinski definition) is 5. The zero-order valence-corrected chi connectivity index (χ0v) is 14.2. The van der Waals surface area contributed by atoms with Crippen molar-refractivity contribution in [1.82, 2.24) is 25.0 Å². The molecule has 3 aliphatic heterocycles. The molecule has 0 aromatic carbocycles. The molecule has 8 nitrogen and oxygen atoms in total.